The number of halogens is 1. The molecule has 12 heavy (non-hydrogen) atoms. The van der Waals surface area contributed by atoms with Gasteiger partial charge in [0.1, 0.15) is 0 Å². The van der Waals surface area contributed by atoms with Gasteiger partial charge in [-0.25, -0.2) is 0 Å². The smallest absolute Gasteiger partial charge is 0.0785 e. The molecule has 5 heteroatoms. The highest BCUT2D eigenvalue weighted by Gasteiger charge is 1.94. The van der Waals surface area contributed by atoms with Gasteiger partial charge in [-0.05, 0) is 0 Å². The number of nitrogens with two attached hydrogens (primary N) is 1. The van der Waals surface area contributed by atoms with Crippen LogP contribution in [0.3, 0.4) is 0 Å². The van der Waals surface area contributed by atoms with Gasteiger partial charge in [0.25, 0.3) is 0 Å². The Hall–Kier alpha value is -0.580. The van der Waals surface area contributed by atoms with Gasteiger partial charge in [-0.2, -0.15) is 5.10 Å². The summed E-state index contributed by atoms with van der Waals surface area (Å²) in [4.78, 5) is 0. The van der Waals surface area contributed by atoms with Crippen LogP contribution in [0.5, 0.6) is 0 Å². The van der Waals surface area contributed by atoms with Crippen molar-refractivity contribution in [3.8, 4) is 0 Å². The standard InChI is InChI=1S/C7H12ClN3O/c8-7-5-10-11(6-7)2-4-12-3-1-9/h5-6H,1-4,9H2. The van der Waals surface area contributed by atoms with Gasteiger partial charge in [-0.1, -0.05) is 11.6 Å². The van der Waals surface area contributed by atoms with Crippen molar-refractivity contribution in [3.63, 3.8) is 0 Å². The third-order valence-electron chi connectivity index (χ3n) is 1.33. The molecule has 0 radical (unpaired) electrons. The predicted molar refractivity (Wildman–Crippen MR) is 47.1 cm³/mol. The van der Waals surface area contributed by atoms with Crippen LogP contribution in [0.2, 0.25) is 5.02 Å². The highest BCUT2D eigenvalue weighted by Crippen LogP contribution is 2.03. The molecule has 1 aromatic heterocycles. The molecule has 0 aliphatic rings. The van der Waals surface area contributed by atoms with Crippen molar-refractivity contribution in [2.75, 3.05) is 19.8 Å². The number of ether oxygens (including phenoxy) is 1. The summed E-state index contributed by atoms with van der Waals surface area (Å²) >= 11 is 5.66. The van der Waals surface area contributed by atoms with Crippen LogP contribution in [-0.4, -0.2) is 29.5 Å². The Morgan fingerprint density at radius 3 is 3.00 bits per heavy atom. The molecule has 0 fully saturated rings. The average molecular weight is 190 g/mol. The zero-order valence-electron chi connectivity index (χ0n) is 6.74. The van der Waals surface area contributed by atoms with E-state index in [0.29, 0.717) is 31.3 Å². The molecule has 0 spiro atoms. The molecule has 0 bridgehead atoms. The number of hydrogen-bond acceptors (Lipinski definition) is 3. The average Bonchev–Trinajstić information content (AvgIpc) is 2.45. The molecule has 1 aromatic rings. The van der Waals surface area contributed by atoms with Gasteiger partial charge in [-0.15, -0.1) is 0 Å². The Labute approximate surface area is 76.3 Å². The first-order valence-corrected chi connectivity index (χ1v) is 4.16. The van der Waals surface area contributed by atoms with E-state index in [2.05, 4.69) is 5.10 Å². The van der Waals surface area contributed by atoms with Crippen molar-refractivity contribution in [3.05, 3.63) is 17.4 Å². The maximum absolute atomic E-state index is 5.66. The Bertz CT molecular complexity index is 226. The molecule has 0 saturated heterocycles. The Morgan fingerprint density at radius 1 is 1.58 bits per heavy atom. The first-order valence-electron chi connectivity index (χ1n) is 3.78. The fourth-order valence-corrected chi connectivity index (χ4v) is 0.960. The summed E-state index contributed by atoms with van der Waals surface area (Å²) in [6.07, 6.45) is 3.36. The number of hydrogen-bond donors (Lipinski definition) is 1. The van der Waals surface area contributed by atoms with Crippen LogP contribution in [-0.2, 0) is 11.3 Å². The summed E-state index contributed by atoms with van der Waals surface area (Å²) in [6, 6.07) is 0. The topological polar surface area (TPSA) is 53.1 Å². The maximum Gasteiger partial charge on any atom is 0.0785 e. The second-order valence-corrected chi connectivity index (χ2v) is 2.76. The number of aromatic nitrogens is 2. The van der Waals surface area contributed by atoms with Gasteiger partial charge in [-0.3, -0.25) is 4.68 Å². The predicted octanol–water partition coefficient (Wildman–Crippen LogP) is 0.512. The van der Waals surface area contributed by atoms with E-state index in [1.54, 1.807) is 17.1 Å². The highest BCUT2D eigenvalue weighted by atomic mass is 35.5. The monoisotopic (exact) mass is 189 g/mol. The lowest BCUT2D eigenvalue weighted by atomic mass is 10.6. The number of nitrogens with zero attached hydrogens (tertiary/aromatic N) is 2. The molecule has 2 N–H and O–H groups in total. The SMILES string of the molecule is NCCOCCn1cc(Cl)cn1. The molecule has 0 aliphatic heterocycles. The molecule has 4 nitrogen and oxygen atoms in total. The Kier molecular flexibility index (Phi) is 4.07. The molecule has 1 heterocycles. The second-order valence-electron chi connectivity index (χ2n) is 2.32. The second kappa shape index (κ2) is 5.13. The summed E-state index contributed by atoms with van der Waals surface area (Å²) in [5.41, 5.74) is 5.24. The molecule has 68 valence electrons. The Morgan fingerprint density at radius 2 is 2.42 bits per heavy atom. The van der Waals surface area contributed by atoms with E-state index in [1.165, 1.54) is 0 Å². The highest BCUT2D eigenvalue weighted by molar-refractivity contribution is 6.30. The van der Waals surface area contributed by atoms with Crippen LogP contribution in [0.4, 0.5) is 0 Å². The zero-order valence-corrected chi connectivity index (χ0v) is 7.50. The minimum Gasteiger partial charge on any atom is -0.378 e. The number of rotatable bonds is 5. The van der Waals surface area contributed by atoms with Crippen molar-refractivity contribution in [1.82, 2.24) is 9.78 Å². The summed E-state index contributed by atoms with van der Waals surface area (Å²) in [7, 11) is 0. The lowest BCUT2D eigenvalue weighted by Crippen LogP contribution is -2.12. The van der Waals surface area contributed by atoms with Gasteiger partial charge >= 0.3 is 0 Å². The van der Waals surface area contributed by atoms with E-state index < -0.39 is 0 Å². The van der Waals surface area contributed by atoms with E-state index >= 15 is 0 Å². The van der Waals surface area contributed by atoms with Gasteiger partial charge < -0.3 is 10.5 Å². The minimum absolute atomic E-state index is 0.555. The third kappa shape index (κ3) is 3.21. The van der Waals surface area contributed by atoms with Gasteiger partial charge in [0, 0.05) is 12.7 Å². The molecule has 0 aromatic carbocycles. The lowest BCUT2D eigenvalue weighted by Gasteiger charge is -2.01. The minimum atomic E-state index is 0.555. The van der Waals surface area contributed by atoms with Gasteiger partial charge in [0.05, 0.1) is 31.0 Å². The summed E-state index contributed by atoms with van der Waals surface area (Å²) in [6.45, 7) is 2.48. The van der Waals surface area contributed by atoms with Crippen molar-refractivity contribution in [2.45, 2.75) is 6.54 Å². The van der Waals surface area contributed by atoms with E-state index in [-0.39, 0.29) is 0 Å². The molecular weight excluding hydrogens is 178 g/mol. The molecule has 1 rings (SSSR count). The summed E-state index contributed by atoms with van der Waals surface area (Å²) < 4.78 is 6.90. The fraction of sp³-hybridized carbons (Fsp3) is 0.571. The van der Waals surface area contributed by atoms with Crippen LogP contribution < -0.4 is 5.73 Å². The molecule has 0 saturated carbocycles. The lowest BCUT2D eigenvalue weighted by molar-refractivity contribution is 0.130. The third-order valence-corrected chi connectivity index (χ3v) is 1.52. The summed E-state index contributed by atoms with van der Waals surface area (Å²) in [5, 5.41) is 4.63. The molecular formula is C7H12ClN3O. The van der Waals surface area contributed by atoms with Crippen molar-refractivity contribution in [1.29, 1.82) is 0 Å². The maximum atomic E-state index is 5.66. The zero-order chi connectivity index (χ0) is 8.81. The first-order chi connectivity index (χ1) is 5.83. The fourth-order valence-electron chi connectivity index (χ4n) is 0.804. The van der Waals surface area contributed by atoms with Crippen molar-refractivity contribution >= 4 is 11.6 Å². The molecule has 0 amide bonds. The quantitative estimate of drug-likeness (QED) is 0.687. The Balaban J connectivity index is 2.15. The van der Waals surface area contributed by atoms with E-state index in [4.69, 9.17) is 22.1 Å². The van der Waals surface area contributed by atoms with Crippen molar-refractivity contribution in [2.24, 2.45) is 5.73 Å². The van der Waals surface area contributed by atoms with Crippen LogP contribution in [0.15, 0.2) is 12.4 Å². The van der Waals surface area contributed by atoms with Gasteiger partial charge in [0.15, 0.2) is 0 Å². The van der Waals surface area contributed by atoms with Crippen LogP contribution in [0.25, 0.3) is 0 Å². The largest absolute Gasteiger partial charge is 0.378 e. The van der Waals surface area contributed by atoms with E-state index in [1.807, 2.05) is 0 Å². The molecule has 0 unspecified atom stereocenters. The first kappa shape index (κ1) is 9.51. The normalized spacial score (nSPS) is 10.5. The summed E-state index contributed by atoms with van der Waals surface area (Å²) in [5.74, 6) is 0. The van der Waals surface area contributed by atoms with E-state index in [9.17, 15) is 0 Å². The van der Waals surface area contributed by atoms with Crippen molar-refractivity contribution < 1.29 is 4.74 Å². The van der Waals surface area contributed by atoms with Gasteiger partial charge in [0.2, 0.25) is 0 Å². The molecule has 0 atom stereocenters. The van der Waals surface area contributed by atoms with Crippen LogP contribution in [0.1, 0.15) is 0 Å². The van der Waals surface area contributed by atoms with Crippen LogP contribution >= 0.6 is 11.6 Å². The van der Waals surface area contributed by atoms with Crippen LogP contribution in [0, 0.1) is 0 Å². The molecule has 0 aliphatic carbocycles. The van der Waals surface area contributed by atoms with E-state index in [0.717, 1.165) is 0 Å².